The van der Waals surface area contributed by atoms with Gasteiger partial charge in [0.2, 0.25) is 0 Å². The van der Waals surface area contributed by atoms with Gasteiger partial charge in [0.25, 0.3) is 5.91 Å². The van der Waals surface area contributed by atoms with Crippen LogP contribution in [-0.4, -0.2) is 23.6 Å². The number of ether oxygens (including phenoxy) is 1. The zero-order valence-corrected chi connectivity index (χ0v) is 14.1. The highest BCUT2D eigenvalue weighted by Gasteiger charge is 2.14. The fraction of sp³-hybridized carbons (Fsp3) is 0.312. The maximum Gasteiger partial charge on any atom is 0.411 e. The van der Waals surface area contributed by atoms with Gasteiger partial charge >= 0.3 is 6.09 Å². The standard InChI is InChI=1S/C16H19N3O3S/c1-16(2,3)10-22-15(21)18-12-6-4-11(5-7-12)13(20)19-14-17-8-9-23-14/h4-9H,10H2,1-3H3,(H,18,21)(H,17,19,20). The first-order valence-electron chi connectivity index (χ1n) is 7.08. The zero-order valence-electron chi connectivity index (χ0n) is 13.3. The molecule has 0 atom stereocenters. The van der Waals surface area contributed by atoms with Crippen LogP contribution in [0, 0.1) is 5.41 Å². The first kappa shape index (κ1) is 17.0. The second-order valence-electron chi connectivity index (χ2n) is 6.13. The van der Waals surface area contributed by atoms with E-state index in [0.29, 0.717) is 23.0 Å². The molecule has 2 N–H and O–H groups in total. The van der Waals surface area contributed by atoms with Crippen LogP contribution in [0.1, 0.15) is 31.1 Å². The Labute approximate surface area is 138 Å². The zero-order chi connectivity index (χ0) is 16.9. The van der Waals surface area contributed by atoms with E-state index in [9.17, 15) is 9.59 Å². The minimum Gasteiger partial charge on any atom is -0.449 e. The summed E-state index contributed by atoms with van der Waals surface area (Å²) in [6.45, 7) is 6.27. The van der Waals surface area contributed by atoms with E-state index in [0.717, 1.165) is 0 Å². The number of amides is 2. The lowest BCUT2D eigenvalue weighted by Gasteiger charge is -2.18. The first-order chi connectivity index (χ1) is 10.8. The number of aromatic nitrogens is 1. The highest BCUT2D eigenvalue weighted by molar-refractivity contribution is 7.13. The first-order valence-corrected chi connectivity index (χ1v) is 7.96. The highest BCUT2D eigenvalue weighted by atomic mass is 32.1. The molecule has 2 rings (SSSR count). The van der Waals surface area contributed by atoms with E-state index >= 15 is 0 Å². The number of hydrogen-bond donors (Lipinski definition) is 2. The molecule has 0 saturated carbocycles. The van der Waals surface area contributed by atoms with Crippen LogP contribution in [0.5, 0.6) is 0 Å². The van der Waals surface area contributed by atoms with Crippen LogP contribution in [0.15, 0.2) is 35.8 Å². The minimum absolute atomic E-state index is 0.0882. The fourth-order valence-electron chi connectivity index (χ4n) is 1.60. The molecule has 0 bridgehead atoms. The van der Waals surface area contributed by atoms with Gasteiger partial charge in [0.05, 0.1) is 6.61 Å². The van der Waals surface area contributed by atoms with Crippen LogP contribution in [0.25, 0.3) is 0 Å². The van der Waals surface area contributed by atoms with Crippen molar-refractivity contribution in [3.63, 3.8) is 0 Å². The number of nitrogens with zero attached hydrogens (tertiary/aromatic N) is 1. The average Bonchev–Trinajstić information content (AvgIpc) is 2.98. The summed E-state index contributed by atoms with van der Waals surface area (Å²) in [6.07, 6.45) is 1.11. The molecule has 0 aliphatic carbocycles. The molecule has 1 heterocycles. The normalized spacial score (nSPS) is 10.9. The lowest BCUT2D eigenvalue weighted by molar-refractivity contribution is 0.102. The van der Waals surface area contributed by atoms with Crippen LogP contribution in [-0.2, 0) is 4.74 Å². The Balaban J connectivity index is 1.89. The van der Waals surface area contributed by atoms with Crippen molar-refractivity contribution in [2.45, 2.75) is 20.8 Å². The van der Waals surface area contributed by atoms with Crippen LogP contribution in [0.3, 0.4) is 0 Å². The molecule has 1 aromatic carbocycles. The highest BCUT2D eigenvalue weighted by Crippen LogP contribution is 2.16. The number of nitrogens with one attached hydrogen (secondary N) is 2. The molecule has 2 aromatic rings. The molecule has 7 heteroatoms. The predicted molar refractivity (Wildman–Crippen MR) is 90.9 cm³/mol. The smallest absolute Gasteiger partial charge is 0.411 e. The summed E-state index contributed by atoms with van der Waals surface area (Å²) in [5.41, 5.74) is 0.957. The quantitative estimate of drug-likeness (QED) is 0.886. The van der Waals surface area contributed by atoms with E-state index in [2.05, 4.69) is 15.6 Å². The Morgan fingerprint density at radius 1 is 1.17 bits per heavy atom. The SMILES string of the molecule is CC(C)(C)COC(=O)Nc1ccc(C(=O)Nc2nccs2)cc1. The molecule has 0 unspecified atom stereocenters. The molecular formula is C16H19N3O3S. The van der Waals surface area contributed by atoms with Gasteiger partial charge in [-0.15, -0.1) is 11.3 Å². The third-order valence-electron chi connectivity index (χ3n) is 2.68. The van der Waals surface area contributed by atoms with Gasteiger partial charge in [0.15, 0.2) is 5.13 Å². The fourth-order valence-corrected chi connectivity index (χ4v) is 2.12. The van der Waals surface area contributed by atoms with Crippen molar-refractivity contribution in [1.29, 1.82) is 0 Å². The monoisotopic (exact) mass is 333 g/mol. The van der Waals surface area contributed by atoms with Crippen LogP contribution in [0.4, 0.5) is 15.6 Å². The van der Waals surface area contributed by atoms with Crippen molar-refractivity contribution in [3.05, 3.63) is 41.4 Å². The number of hydrogen-bond acceptors (Lipinski definition) is 5. The van der Waals surface area contributed by atoms with E-state index in [4.69, 9.17) is 4.74 Å². The summed E-state index contributed by atoms with van der Waals surface area (Å²) in [4.78, 5) is 27.7. The van der Waals surface area contributed by atoms with Crippen molar-refractivity contribution in [1.82, 2.24) is 4.98 Å². The van der Waals surface area contributed by atoms with E-state index in [1.54, 1.807) is 35.8 Å². The Morgan fingerprint density at radius 3 is 2.43 bits per heavy atom. The number of thiazole rings is 1. The lowest BCUT2D eigenvalue weighted by Crippen LogP contribution is -2.21. The van der Waals surface area contributed by atoms with Gasteiger partial charge in [-0.05, 0) is 29.7 Å². The van der Waals surface area contributed by atoms with E-state index in [1.165, 1.54) is 11.3 Å². The van der Waals surface area contributed by atoms with Crippen molar-refractivity contribution in [2.75, 3.05) is 17.2 Å². The van der Waals surface area contributed by atoms with Gasteiger partial charge < -0.3 is 4.74 Å². The van der Waals surface area contributed by atoms with Gasteiger partial charge in [-0.2, -0.15) is 0 Å². The van der Waals surface area contributed by atoms with Crippen LogP contribution in [0.2, 0.25) is 0 Å². The van der Waals surface area contributed by atoms with Gasteiger partial charge in [0, 0.05) is 22.8 Å². The van der Waals surface area contributed by atoms with Gasteiger partial charge in [0.1, 0.15) is 0 Å². The third-order valence-corrected chi connectivity index (χ3v) is 3.37. The number of carbonyl (C=O) groups is 2. The molecule has 0 aliphatic rings. The molecule has 2 amide bonds. The minimum atomic E-state index is -0.514. The van der Waals surface area contributed by atoms with Gasteiger partial charge in [-0.1, -0.05) is 20.8 Å². The molecule has 0 aliphatic heterocycles. The second kappa shape index (κ2) is 7.23. The number of benzene rings is 1. The summed E-state index contributed by atoms with van der Waals surface area (Å²) in [5.74, 6) is -0.248. The number of carbonyl (C=O) groups excluding carboxylic acids is 2. The predicted octanol–water partition coefficient (Wildman–Crippen LogP) is 3.99. The molecule has 6 nitrogen and oxygen atoms in total. The van der Waals surface area contributed by atoms with E-state index < -0.39 is 6.09 Å². The van der Waals surface area contributed by atoms with Gasteiger partial charge in [-0.25, -0.2) is 9.78 Å². The Morgan fingerprint density at radius 2 is 1.87 bits per heavy atom. The summed E-state index contributed by atoms with van der Waals surface area (Å²) >= 11 is 1.35. The lowest BCUT2D eigenvalue weighted by atomic mass is 9.99. The van der Waals surface area contributed by atoms with Crippen molar-refractivity contribution >= 4 is 34.2 Å². The summed E-state index contributed by atoms with van der Waals surface area (Å²) in [6, 6.07) is 6.55. The van der Waals surface area contributed by atoms with Crippen molar-refractivity contribution in [3.8, 4) is 0 Å². The van der Waals surface area contributed by atoms with Gasteiger partial charge in [-0.3, -0.25) is 15.4 Å². The molecule has 0 spiro atoms. The van der Waals surface area contributed by atoms with Crippen molar-refractivity contribution in [2.24, 2.45) is 5.41 Å². The molecule has 122 valence electrons. The largest absolute Gasteiger partial charge is 0.449 e. The van der Waals surface area contributed by atoms with Crippen LogP contribution >= 0.6 is 11.3 Å². The maximum atomic E-state index is 12.0. The number of rotatable bonds is 4. The molecule has 1 aromatic heterocycles. The molecular weight excluding hydrogens is 314 g/mol. The summed E-state index contributed by atoms with van der Waals surface area (Å²) in [7, 11) is 0. The Bertz CT molecular complexity index is 661. The van der Waals surface area contributed by atoms with E-state index in [-0.39, 0.29) is 11.3 Å². The molecule has 23 heavy (non-hydrogen) atoms. The van der Waals surface area contributed by atoms with Crippen molar-refractivity contribution < 1.29 is 14.3 Å². The third kappa shape index (κ3) is 5.71. The average molecular weight is 333 g/mol. The summed E-state index contributed by atoms with van der Waals surface area (Å²) in [5, 5.41) is 7.64. The molecule has 0 fully saturated rings. The number of anilines is 2. The van der Waals surface area contributed by atoms with E-state index in [1.807, 2.05) is 20.8 Å². The second-order valence-corrected chi connectivity index (χ2v) is 7.03. The Kier molecular flexibility index (Phi) is 5.33. The maximum absolute atomic E-state index is 12.0. The Hall–Kier alpha value is -2.41. The molecule has 0 saturated heterocycles. The molecule has 0 radical (unpaired) electrons. The van der Waals surface area contributed by atoms with Crippen LogP contribution < -0.4 is 10.6 Å². The summed E-state index contributed by atoms with van der Waals surface area (Å²) < 4.78 is 5.12. The topological polar surface area (TPSA) is 80.3 Å².